The minimum atomic E-state index is -0.513. The number of anilines is 1. The van der Waals surface area contributed by atoms with Gasteiger partial charge < -0.3 is 9.47 Å². The summed E-state index contributed by atoms with van der Waals surface area (Å²) in [5.74, 6) is 0.871. The van der Waals surface area contributed by atoms with E-state index < -0.39 is 12.0 Å². The average molecular weight is 416 g/mol. The molecule has 1 heterocycles. The second-order valence-corrected chi connectivity index (χ2v) is 7.98. The fourth-order valence-corrected chi connectivity index (χ4v) is 4.67. The van der Waals surface area contributed by atoms with Crippen LogP contribution in [0.25, 0.3) is 0 Å². The Morgan fingerprint density at radius 2 is 2.21 bits per heavy atom. The molecule has 3 rings (SSSR count). The molecule has 1 atom stereocenters. The Bertz CT molecular complexity index is 923. The van der Waals surface area contributed by atoms with Crippen molar-refractivity contribution >= 4 is 34.6 Å². The number of esters is 1. The number of fused-ring (bicyclic) bond motifs is 1. The van der Waals surface area contributed by atoms with Crippen LogP contribution in [0.3, 0.4) is 0 Å². The molecule has 1 aromatic heterocycles. The first kappa shape index (κ1) is 20.9. The standard InChI is InChI=1S/C21H25N3O4S/c1-4-28-20(25)18-16-9-8-13(2)10-17(16)29-19(18)23-21(26)24-22-12-14-6-5-7-15(11-14)27-3/h5-7,11-13H,4,8-10H2,1-3H3,(H2,23,24,26)/b22-12+. The highest BCUT2D eigenvalue weighted by atomic mass is 32.1. The largest absolute Gasteiger partial charge is 0.497 e. The first-order chi connectivity index (χ1) is 14.0. The number of methoxy groups -OCH3 is 1. The number of carbonyl (C=O) groups excluding carboxylic acids is 2. The molecule has 0 saturated carbocycles. The number of urea groups is 1. The third-order valence-electron chi connectivity index (χ3n) is 4.69. The number of nitrogens with one attached hydrogen (secondary N) is 2. The molecule has 0 bridgehead atoms. The maximum absolute atomic E-state index is 12.5. The summed E-state index contributed by atoms with van der Waals surface area (Å²) in [5.41, 5.74) is 4.71. The fraction of sp³-hybridized carbons (Fsp3) is 0.381. The molecule has 0 fully saturated rings. The van der Waals surface area contributed by atoms with Crippen LogP contribution in [-0.4, -0.2) is 31.9 Å². The van der Waals surface area contributed by atoms with E-state index in [2.05, 4.69) is 22.8 Å². The highest BCUT2D eigenvalue weighted by Gasteiger charge is 2.29. The Labute approximate surface area is 174 Å². The van der Waals surface area contributed by atoms with E-state index in [1.165, 1.54) is 17.6 Å². The molecule has 0 radical (unpaired) electrons. The number of benzene rings is 1. The van der Waals surface area contributed by atoms with E-state index in [4.69, 9.17) is 9.47 Å². The van der Waals surface area contributed by atoms with Crippen molar-refractivity contribution in [2.75, 3.05) is 19.0 Å². The van der Waals surface area contributed by atoms with Gasteiger partial charge in [-0.15, -0.1) is 11.3 Å². The zero-order chi connectivity index (χ0) is 20.8. The van der Waals surface area contributed by atoms with Crippen LogP contribution >= 0.6 is 11.3 Å². The van der Waals surface area contributed by atoms with Gasteiger partial charge in [-0.2, -0.15) is 5.10 Å². The van der Waals surface area contributed by atoms with Crippen molar-refractivity contribution in [3.63, 3.8) is 0 Å². The van der Waals surface area contributed by atoms with E-state index in [1.54, 1.807) is 20.1 Å². The Morgan fingerprint density at radius 1 is 1.38 bits per heavy atom. The zero-order valence-electron chi connectivity index (χ0n) is 16.8. The van der Waals surface area contributed by atoms with E-state index in [1.807, 2.05) is 18.2 Å². The lowest BCUT2D eigenvalue weighted by molar-refractivity contribution is 0.0526. The van der Waals surface area contributed by atoms with Gasteiger partial charge in [0, 0.05) is 4.88 Å². The van der Waals surface area contributed by atoms with Crippen molar-refractivity contribution < 1.29 is 19.1 Å². The number of thiophene rings is 1. The first-order valence-electron chi connectivity index (χ1n) is 9.57. The number of hydrazone groups is 1. The van der Waals surface area contributed by atoms with Gasteiger partial charge in [0.25, 0.3) is 0 Å². The lowest BCUT2D eigenvalue weighted by Crippen LogP contribution is -2.25. The van der Waals surface area contributed by atoms with Crippen LogP contribution in [0, 0.1) is 5.92 Å². The molecule has 154 valence electrons. The van der Waals surface area contributed by atoms with Gasteiger partial charge in [-0.3, -0.25) is 5.32 Å². The van der Waals surface area contributed by atoms with Gasteiger partial charge in [0.15, 0.2) is 0 Å². The van der Waals surface area contributed by atoms with Gasteiger partial charge in [-0.1, -0.05) is 19.1 Å². The van der Waals surface area contributed by atoms with Crippen LogP contribution in [0.1, 0.15) is 46.6 Å². The zero-order valence-corrected chi connectivity index (χ0v) is 17.6. The van der Waals surface area contributed by atoms with Gasteiger partial charge in [0.05, 0.1) is 25.5 Å². The maximum atomic E-state index is 12.5. The summed E-state index contributed by atoms with van der Waals surface area (Å²) >= 11 is 1.44. The van der Waals surface area contributed by atoms with Crippen LogP contribution in [0.4, 0.5) is 9.80 Å². The summed E-state index contributed by atoms with van der Waals surface area (Å²) < 4.78 is 10.4. The molecule has 29 heavy (non-hydrogen) atoms. The second kappa shape index (κ2) is 9.56. The van der Waals surface area contributed by atoms with E-state index >= 15 is 0 Å². The Hall–Kier alpha value is -2.87. The molecule has 0 aliphatic heterocycles. The molecule has 2 N–H and O–H groups in total. The highest BCUT2D eigenvalue weighted by Crippen LogP contribution is 2.40. The first-order valence-corrected chi connectivity index (χ1v) is 10.4. The van der Waals surface area contributed by atoms with E-state index in [0.29, 0.717) is 22.2 Å². The SMILES string of the molecule is CCOC(=O)c1c(NC(=O)N/N=C/c2cccc(OC)c2)sc2c1CCC(C)C2. The summed E-state index contributed by atoms with van der Waals surface area (Å²) in [6.07, 6.45) is 4.27. The van der Waals surface area contributed by atoms with Gasteiger partial charge >= 0.3 is 12.0 Å². The van der Waals surface area contributed by atoms with Crippen LogP contribution in [0.2, 0.25) is 0 Å². The van der Waals surface area contributed by atoms with Crippen molar-refractivity contribution in [3.05, 3.63) is 45.8 Å². The lowest BCUT2D eigenvalue weighted by Gasteiger charge is -2.18. The minimum absolute atomic E-state index is 0.288. The topological polar surface area (TPSA) is 89.0 Å². The minimum Gasteiger partial charge on any atom is -0.497 e. The quantitative estimate of drug-likeness (QED) is 0.420. The molecular formula is C21H25N3O4S. The molecule has 0 spiro atoms. The van der Waals surface area contributed by atoms with Crippen molar-refractivity contribution in [3.8, 4) is 5.75 Å². The van der Waals surface area contributed by atoms with Crippen molar-refractivity contribution in [2.45, 2.75) is 33.1 Å². The lowest BCUT2D eigenvalue weighted by atomic mass is 9.88. The normalized spacial score (nSPS) is 15.6. The Balaban J connectivity index is 1.72. The molecule has 7 nitrogen and oxygen atoms in total. The molecule has 1 aliphatic rings. The van der Waals surface area contributed by atoms with Crippen LogP contribution in [-0.2, 0) is 17.6 Å². The molecular weight excluding hydrogens is 390 g/mol. The number of nitrogens with zero attached hydrogens (tertiary/aromatic N) is 1. The van der Waals surface area contributed by atoms with Gasteiger partial charge in [-0.25, -0.2) is 15.0 Å². The van der Waals surface area contributed by atoms with Crippen molar-refractivity contribution in [1.82, 2.24) is 5.43 Å². The molecule has 1 aromatic carbocycles. The van der Waals surface area contributed by atoms with E-state index in [9.17, 15) is 9.59 Å². The monoisotopic (exact) mass is 415 g/mol. The average Bonchev–Trinajstić information content (AvgIpc) is 3.05. The van der Waals surface area contributed by atoms with Gasteiger partial charge in [0.2, 0.25) is 0 Å². The number of amides is 2. The summed E-state index contributed by atoms with van der Waals surface area (Å²) in [7, 11) is 1.59. The number of hydrogen-bond donors (Lipinski definition) is 2. The molecule has 1 unspecified atom stereocenters. The Morgan fingerprint density at radius 3 is 2.97 bits per heavy atom. The molecule has 8 heteroatoms. The number of carbonyl (C=O) groups is 2. The third kappa shape index (κ3) is 5.14. The maximum Gasteiger partial charge on any atom is 0.341 e. The third-order valence-corrected chi connectivity index (χ3v) is 5.86. The van der Waals surface area contributed by atoms with Crippen molar-refractivity contribution in [1.29, 1.82) is 0 Å². The number of ether oxygens (including phenoxy) is 2. The predicted molar refractivity (Wildman–Crippen MR) is 114 cm³/mol. The second-order valence-electron chi connectivity index (χ2n) is 6.88. The predicted octanol–water partition coefficient (Wildman–Crippen LogP) is 4.21. The smallest absolute Gasteiger partial charge is 0.341 e. The molecule has 1 aliphatic carbocycles. The van der Waals surface area contributed by atoms with Crippen molar-refractivity contribution in [2.24, 2.45) is 11.0 Å². The summed E-state index contributed by atoms with van der Waals surface area (Å²) in [6.45, 7) is 4.25. The van der Waals surface area contributed by atoms with Gasteiger partial charge in [0.1, 0.15) is 10.8 Å². The number of hydrogen-bond acceptors (Lipinski definition) is 6. The van der Waals surface area contributed by atoms with E-state index in [-0.39, 0.29) is 6.61 Å². The van der Waals surface area contributed by atoms with Crippen LogP contribution < -0.4 is 15.5 Å². The molecule has 0 saturated heterocycles. The molecule has 2 aromatic rings. The summed E-state index contributed by atoms with van der Waals surface area (Å²) in [5, 5.41) is 7.23. The number of rotatable bonds is 6. The van der Waals surface area contributed by atoms with Crippen LogP contribution in [0.5, 0.6) is 5.75 Å². The highest BCUT2D eigenvalue weighted by molar-refractivity contribution is 7.17. The summed E-state index contributed by atoms with van der Waals surface area (Å²) in [4.78, 5) is 26.0. The van der Waals surface area contributed by atoms with Crippen LogP contribution in [0.15, 0.2) is 29.4 Å². The Kier molecular flexibility index (Phi) is 6.87. The summed E-state index contributed by atoms with van der Waals surface area (Å²) in [6, 6.07) is 6.80. The fourth-order valence-electron chi connectivity index (χ4n) is 3.28. The van der Waals surface area contributed by atoms with Gasteiger partial charge in [-0.05, 0) is 55.4 Å². The molecule has 2 amide bonds. The van der Waals surface area contributed by atoms with E-state index in [0.717, 1.165) is 35.3 Å².